The summed E-state index contributed by atoms with van der Waals surface area (Å²) in [6.45, 7) is 2.61. The highest BCUT2D eigenvalue weighted by atomic mass is 32.2. The third-order valence-electron chi connectivity index (χ3n) is 4.21. The van der Waals surface area contributed by atoms with E-state index >= 15 is 0 Å². The van der Waals surface area contributed by atoms with Crippen molar-refractivity contribution in [1.29, 1.82) is 0 Å². The summed E-state index contributed by atoms with van der Waals surface area (Å²) in [5.41, 5.74) is 0.787. The molecule has 0 N–H and O–H groups in total. The second-order valence-electron chi connectivity index (χ2n) is 6.35. The first-order valence-electron chi connectivity index (χ1n) is 9.21. The Hall–Kier alpha value is -2.72. The molecule has 0 aliphatic heterocycles. The van der Waals surface area contributed by atoms with Crippen LogP contribution in [0.3, 0.4) is 0 Å². The van der Waals surface area contributed by atoms with Crippen molar-refractivity contribution in [3.05, 3.63) is 53.2 Å². The minimum Gasteiger partial charge on any atom is -0.455 e. The molecule has 0 atom stereocenters. The molecule has 30 heavy (non-hydrogen) atoms. The summed E-state index contributed by atoms with van der Waals surface area (Å²) in [4.78, 5) is 26.7. The molecule has 0 spiro atoms. The largest absolute Gasteiger partial charge is 0.455 e. The molecule has 0 fully saturated rings. The van der Waals surface area contributed by atoms with Gasteiger partial charge in [0.05, 0.1) is 10.6 Å². The number of hydrogen-bond acceptors (Lipinski definition) is 7. The van der Waals surface area contributed by atoms with Gasteiger partial charge in [0.25, 0.3) is 5.91 Å². The van der Waals surface area contributed by atoms with E-state index in [0.29, 0.717) is 18.2 Å². The summed E-state index contributed by atoms with van der Waals surface area (Å²) in [5.74, 6) is -0.389. The lowest BCUT2D eigenvalue weighted by Gasteiger charge is -2.17. The number of likely N-dealkylation sites (N-methyl/N-ethyl adjacent to an activating group) is 1. The van der Waals surface area contributed by atoms with Gasteiger partial charge in [-0.25, -0.2) is 4.39 Å². The number of benzene rings is 1. The molecule has 0 unspecified atom stereocenters. The van der Waals surface area contributed by atoms with E-state index in [1.54, 1.807) is 30.5 Å². The van der Waals surface area contributed by atoms with Crippen LogP contribution in [0.15, 0.2) is 46.9 Å². The van der Waals surface area contributed by atoms with Gasteiger partial charge in [0, 0.05) is 20.1 Å². The Balaban J connectivity index is 1.47. The molecule has 3 rings (SSSR count). The highest BCUT2D eigenvalue weighted by Crippen LogP contribution is 2.27. The molecule has 0 aliphatic carbocycles. The Morgan fingerprint density at radius 1 is 1.23 bits per heavy atom. The van der Waals surface area contributed by atoms with E-state index in [1.807, 2.05) is 29.0 Å². The van der Waals surface area contributed by atoms with E-state index in [0.717, 1.165) is 16.3 Å². The Kier molecular flexibility index (Phi) is 7.58. The fourth-order valence-corrected chi connectivity index (χ4v) is 4.16. The zero-order chi connectivity index (χ0) is 21.5. The fraction of sp³-hybridized carbons (Fsp3) is 0.300. The fourth-order valence-electron chi connectivity index (χ4n) is 2.64. The Bertz CT molecular complexity index is 990. The number of carbonyl (C=O) groups excluding carboxylic acids is 2. The molecule has 2 aromatic heterocycles. The van der Waals surface area contributed by atoms with Crippen LogP contribution in [0.2, 0.25) is 0 Å². The zero-order valence-electron chi connectivity index (χ0n) is 16.6. The summed E-state index contributed by atoms with van der Waals surface area (Å²) in [6.07, 6.45) is 0. The van der Waals surface area contributed by atoms with Gasteiger partial charge in [-0.15, -0.1) is 21.5 Å². The number of hydrogen-bond donors (Lipinski definition) is 0. The van der Waals surface area contributed by atoms with Crippen molar-refractivity contribution in [1.82, 2.24) is 19.7 Å². The van der Waals surface area contributed by atoms with Crippen LogP contribution in [0.5, 0.6) is 0 Å². The molecule has 0 aliphatic rings. The average molecular weight is 449 g/mol. The van der Waals surface area contributed by atoms with Crippen molar-refractivity contribution in [2.24, 2.45) is 0 Å². The molecule has 1 amide bonds. The van der Waals surface area contributed by atoms with Crippen molar-refractivity contribution < 1.29 is 18.7 Å². The van der Waals surface area contributed by atoms with Gasteiger partial charge in [0.2, 0.25) is 0 Å². The normalized spacial score (nSPS) is 10.8. The molecule has 3 aromatic rings. The molecule has 0 bridgehead atoms. The first-order valence-corrected chi connectivity index (χ1v) is 11.1. The van der Waals surface area contributed by atoms with Crippen LogP contribution in [0, 0.1) is 5.82 Å². The van der Waals surface area contributed by atoms with Crippen LogP contribution in [0.4, 0.5) is 4.39 Å². The van der Waals surface area contributed by atoms with E-state index in [-0.39, 0.29) is 24.1 Å². The number of rotatable bonds is 9. The van der Waals surface area contributed by atoms with Crippen molar-refractivity contribution >= 4 is 35.0 Å². The van der Waals surface area contributed by atoms with Gasteiger partial charge in [0.1, 0.15) is 5.82 Å². The number of halogens is 1. The van der Waals surface area contributed by atoms with Gasteiger partial charge < -0.3 is 14.2 Å². The minimum atomic E-state index is -0.508. The smallest absolute Gasteiger partial charge is 0.316 e. The van der Waals surface area contributed by atoms with Gasteiger partial charge in [-0.3, -0.25) is 9.59 Å². The summed E-state index contributed by atoms with van der Waals surface area (Å²) in [5, 5.41) is 11.0. The molecular weight excluding hydrogens is 427 g/mol. The minimum absolute atomic E-state index is 0.0253. The number of carbonyl (C=O) groups is 2. The van der Waals surface area contributed by atoms with E-state index in [2.05, 4.69) is 10.2 Å². The number of nitrogens with zero attached hydrogens (tertiary/aromatic N) is 4. The highest BCUT2D eigenvalue weighted by Gasteiger charge is 2.17. The van der Waals surface area contributed by atoms with Crippen LogP contribution in [0.1, 0.15) is 12.5 Å². The summed E-state index contributed by atoms with van der Waals surface area (Å²) >= 11 is 2.79. The lowest BCUT2D eigenvalue weighted by Crippen LogP contribution is -2.31. The number of esters is 1. The molecular formula is C20H21FN4O3S2. The maximum absolute atomic E-state index is 13.0. The molecule has 7 nitrogen and oxygen atoms in total. The topological polar surface area (TPSA) is 77.3 Å². The highest BCUT2D eigenvalue weighted by molar-refractivity contribution is 7.99. The van der Waals surface area contributed by atoms with Crippen molar-refractivity contribution in [3.63, 3.8) is 0 Å². The van der Waals surface area contributed by atoms with Crippen molar-refractivity contribution in [2.75, 3.05) is 19.4 Å². The molecule has 1 aromatic carbocycles. The molecule has 0 radical (unpaired) electrons. The number of amides is 1. The van der Waals surface area contributed by atoms with Gasteiger partial charge in [0.15, 0.2) is 17.6 Å². The second-order valence-corrected chi connectivity index (χ2v) is 8.24. The van der Waals surface area contributed by atoms with E-state index < -0.39 is 5.97 Å². The van der Waals surface area contributed by atoms with Crippen LogP contribution >= 0.6 is 23.1 Å². The summed E-state index contributed by atoms with van der Waals surface area (Å²) in [7, 11) is 1.60. The maximum atomic E-state index is 13.0. The third kappa shape index (κ3) is 5.67. The van der Waals surface area contributed by atoms with Gasteiger partial charge in [-0.1, -0.05) is 30.0 Å². The number of ether oxygens (including phenoxy) is 1. The zero-order valence-corrected chi connectivity index (χ0v) is 18.2. The van der Waals surface area contributed by atoms with Crippen LogP contribution in [0.25, 0.3) is 10.7 Å². The van der Waals surface area contributed by atoms with Crippen LogP contribution in [-0.4, -0.2) is 50.9 Å². The average Bonchev–Trinajstić information content (AvgIpc) is 3.41. The van der Waals surface area contributed by atoms with E-state index in [9.17, 15) is 14.0 Å². The molecule has 0 saturated heterocycles. The monoisotopic (exact) mass is 448 g/mol. The summed E-state index contributed by atoms with van der Waals surface area (Å²) in [6, 6.07) is 9.81. The number of thioether (sulfide) groups is 1. The first-order chi connectivity index (χ1) is 14.5. The maximum Gasteiger partial charge on any atom is 0.316 e. The van der Waals surface area contributed by atoms with Gasteiger partial charge in [-0.05, 0) is 36.1 Å². The molecule has 0 saturated carbocycles. The van der Waals surface area contributed by atoms with Crippen LogP contribution in [-0.2, 0) is 27.4 Å². The predicted molar refractivity (Wildman–Crippen MR) is 114 cm³/mol. The number of aromatic nitrogens is 3. The Morgan fingerprint density at radius 2 is 2.00 bits per heavy atom. The lowest BCUT2D eigenvalue weighted by atomic mass is 10.2. The standard InChI is InChI=1S/C20H21FN4O3S2/c1-3-25-19(16-5-4-10-29-16)22-23-20(25)30-13-18(27)28-12-17(26)24(2)11-14-6-8-15(21)9-7-14/h4-10H,3,11-13H2,1-2H3. The molecule has 10 heteroatoms. The molecule has 2 heterocycles. The van der Waals surface area contributed by atoms with Crippen molar-refractivity contribution in [3.8, 4) is 10.7 Å². The predicted octanol–water partition coefficient (Wildman–Crippen LogP) is 3.46. The molecule has 158 valence electrons. The quantitative estimate of drug-likeness (QED) is 0.369. The van der Waals surface area contributed by atoms with Crippen molar-refractivity contribution in [2.45, 2.75) is 25.2 Å². The Morgan fingerprint density at radius 3 is 2.67 bits per heavy atom. The summed E-state index contributed by atoms with van der Waals surface area (Å²) < 4.78 is 20.0. The SMILES string of the molecule is CCn1c(SCC(=O)OCC(=O)N(C)Cc2ccc(F)cc2)nnc1-c1cccs1. The second kappa shape index (κ2) is 10.4. The number of thiophene rings is 1. The first kappa shape index (κ1) is 22.0. The van der Waals surface area contributed by atoms with Gasteiger partial charge in [-0.2, -0.15) is 0 Å². The third-order valence-corrected chi connectivity index (χ3v) is 6.02. The van der Waals surface area contributed by atoms with Crippen LogP contribution < -0.4 is 0 Å². The van der Waals surface area contributed by atoms with E-state index in [4.69, 9.17) is 4.74 Å². The Labute approximate surface area is 181 Å². The lowest BCUT2D eigenvalue weighted by molar-refractivity contribution is -0.149. The van der Waals surface area contributed by atoms with E-state index in [1.165, 1.54) is 28.8 Å². The van der Waals surface area contributed by atoms with Gasteiger partial charge >= 0.3 is 5.97 Å².